The molecule has 0 aliphatic carbocycles. The van der Waals surface area contributed by atoms with E-state index in [9.17, 15) is 9.18 Å². The third-order valence-corrected chi connectivity index (χ3v) is 6.53. The summed E-state index contributed by atoms with van der Waals surface area (Å²) in [6.07, 6.45) is 7.79. The summed E-state index contributed by atoms with van der Waals surface area (Å²) < 4.78 is 22.4. The maximum atomic E-state index is 14.8. The van der Waals surface area contributed by atoms with Gasteiger partial charge in [0.1, 0.15) is 17.4 Å². The Morgan fingerprint density at radius 3 is 2.88 bits per heavy atom. The third-order valence-electron chi connectivity index (χ3n) is 6.53. The third kappa shape index (κ3) is 3.03. The number of nitrogens with zero attached hydrogens (tertiary/aromatic N) is 3. The second-order valence-corrected chi connectivity index (χ2v) is 8.52. The fourth-order valence-electron chi connectivity index (χ4n) is 4.88. The van der Waals surface area contributed by atoms with Gasteiger partial charge in [0.15, 0.2) is 5.82 Å². The average molecular weight is 455 g/mol. The molecule has 8 heteroatoms. The lowest BCUT2D eigenvalue weighted by Gasteiger charge is -2.22. The Morgan fingerprint density at radius 2 is 2.09 bits per heavy atom. The van der Waals surface area contributed by atoms with Crippen LogP contribution in [0, 0.1) is 5.82 Å². The van der Waals surface area contributed by atoms with E-state index in [-0.39, 0.29) is 17.4 Å². The minimum Gasteiger partial charge on any atom is -0.394 e. The molecule has 7 nitrogen and oxygen atoms in total. The van der Waals surface area contributed by atoms with Crippen LogP contribution in [0.5, 0.6) is 0 Å². The molecule has 0 bridgehead atoms. The van der Waals surface area contributed by atoms with E-state index >= 15 is 0 Å². The van der Waals surface area contributed by atoms with E-state index in [0.29, 0.717) is 28.6 Å². The van der Waals surface area contributed by atoms with Gasteiger partial charge < -0.3 is 15.5 Å². The second-order valence-electron chi connectivity index (χ2n) is 8.52. The molecule has 4 heterocycles. The van der Waals surface area contributed by atoms with Crippen molar-refractivity contribution in [1.82, 2.24) is 19.7 Å². The molecular formula is C26H22FN5O2. The minimum atomic E-state index is -0.442. The maximum absolute atomic E-state index is 14.8. The highest BCUT2D eigenvalue weighted by molar-refractivity contribution is 6.15. The quantitative estimate of drug-likeness (QED) is 0.366. The molecule has 0 amide bonds. The number of aromatic amines is 1. The summed E-state index contributed by atoms with van der Waals surface area (Å²) in [6.45, 7) is 4.57. The molecule has 1 atom stereocenters. The zero-order chi connectivity index (χ0) is 23.4. The minimum absolute atomic E-state index is 0.0559. The molecule has 6 rings (SSSR count). The summed E-state index contributed by atoms with van der Waals surface area (Å²) in [4.78, 5) is 20.3. The zero-order valence-corrected chi connectivity index (χ0v) is 18.3. The van der Waals surface area contributed by atoms with Gasteiger partial charge in [0.05, 0.1) is 11.0 Å². The number of fused-ring (bicyclic) bond motifs is 4. The molecule has 1 unspecified atom stereocenters. The van der Waals surface area contributed by atoms with Crippen LogP contribution in [0.15, 0.2) is 54.1 Å². The summed E-state index contributed by atoms with van der Waals surface area (Å²) in [5.74, 6) is -0.442. The van der Waals surface area contributed by atoms with Gasteiger partial charge in [-0.2, -0.15) is 5.10 Å². The number of hydrogen-bond donors (Lipinski definition) is 2. The van der Waals surface area contributed by atoms with E-state index in [1.165, 1.54) is 6.07 Å². The van der Waals surface area contributed by atoms with Gasteiger partial charge in [-0.05, 0) is 49.1 Å². The van der Waals surface area contributed by atoms with Gasteiger partial charge in [0, 0.05) is 46.3 Å². The van der Waals surface area contributed by atoms with Crippen molar-refractivity contribution in [1.29, 1.82) is 0 Å². The largest absolute Gasteiger partial charge is 0.394 e. The monoisotopic (exact) mass is 455 g/mol. The predicted octanol–water partition coefficient (Wildman–Crippen LogP) is 5.16. The van der Waals surface area contributed by atoms with E-state index < -0.39 is 11.4 Å². The van der Waals surface area contributed by atoms with Crippen molar-refractivity contribution in [3.63, 3.8) is 0 Å². The highest BCUT2D eigenvalue weighted by Gasteiger charge is 2.23. The van der Waals surface area contributed by atoms with Crippen LogP contribution < -0.4 is 11.3 Å². The number of hydrogen-bond acceptors (Lipinski definition) is 5. The van der Waals surface area contributed by atoms with Crippen LogP contribution >= 0.6 is 0 Å². The molecule has 2 aromatic carbocycles. The number of benzene rings is 2. The number of aromatic nitrogens is 4. The Bertz CT molecular complexity index is 1660. The Kier molecular flexibility index (Phi) is 4.70. The summed E-state index contributed by atoms with van der Waals surface area (Å²) in [7, 11) is 0. The Labute approximate surface area is 193 Å². The van der Waals surface area contributed by atoms with Crippen LogP contribution in [0.3, 0.4) is 0 Å². The Balaban J connectivity index is 1.70. The zero-order valence-electron chi connectivity index (χ0n) is 18.3. The number of nitrogens with two attached hydrogens (primary N) is 1. The Morgan fingerprint density at radius 1 is 1.21 bits per heavy atom. The lowest BCUT2D eigenvalue weighted by atomic mass is 9.94. The first kappa shape index (κ1) is 20.6. The number of pyridine rings is 2. The fourth-order valence-corrected chi connectivity index (χ4v) is 4.88. The van der Waals surface area contributed by atoms with Crippen LogP contribution in [0.25, 0.3) is 49.9 Å². The van der Waals surface area contributed by atoms with Gasteiger partial charge in [0.25, 0.3) is 5.56 Å². The topological polar surface area (TPSA) is 98.8 Å². The number of halogens is 1. The lowest BCUT2D eigenvalue weighted by molar-refractivity contribution is -0.0391. The molecule has 5 aromatic rings. The van der Waals surface area contributed by atoms with Crippen molar-refractivity contribution in [2.24, 2.45) is 0 Å². The summed E-state index contributed by atoms with van der Waals surface area (Å²) in [6, 6.07) is 8.62. The van der Waals surface area contributed by atoms with Crippen molar-refractivity contribution in [3.8, 4) is 11.1 Å². The molecule has 1 saturated heterocycles. The predicted molar refractivity (Wildman–Crippen MR) is 132 cm³/mol. The van der Waals surface area contributed by atoms with Gasteiger partial charge in [-0.3, -0.25) is 9.78 Å². The number of H-pyrrole nitrogens is 1. The lowest BCUT2D eigenvalue weighted by Crippen LogP contribution is -2.18. The molecule has 0 radical (unpaired) electrons. The van der Waals surface area contributed by atoms with Crippen molar-refractivity contribution in [2.75, 3.05) is 12.3 Å². The number of nitrogen functional groups attached to an aromatic ring is 1. The molecule has 34 heavy (non-hydrogen) atoms. The molecule has 1 aliphatic heterocycles. The van der Waals surface area contributed by atoms with Gasteiger partial charge in [0.2, 0.25) is 0 Å². The number of rotatable bonds is 3. The standard InChI is InChI=1S/C26H22FN5O2/c1-2-14-12-17-21(22(28)26(33)30-24(17)16-6-5-10-29-23(14)16)15-8-9-19(27)25-18(15)13-32(31-25)20-7-3-4-11-34-20/h2,5-6,8-10,12-13,20H,1,3-4,7,11,28H2,(H,30,33). The molecule has 1 aliphatic rings. The van der Waals surface area contributed by atoms with Crippen molar-refractivity contribution >= 4 is 44.5 Å². The number of nitrogens with one attached hydrogen (secondary N) is 1. The van der Waals surface area contributed by atoms with Crippen LogP contribution in [0.4, 0.5) is 10.1 Å². The first-order valence-corrected chi connectivity index (χ1v) is 11.2. The Hall–Kier alpha value is -4.04. The SMILES string of the molecule is C=Cc1cc2c(-c3ccc(F)c4nn(C5CCCCO5)cc34)c(N)c(=O)[nH]c2c2cccnc12. The molecule has 1 fully saturated rings. The molecule has 170 valence electrons. The van der Waals surface area contributed by atoms with Crippen LogP contribution in [0.1, 0.15) is 31.1 Å². The number of anilines is 1. The van der Waals surface area contributed by atoms with Crippen LogP contribution in [-0.4, -0.2) is 26.4 Å². The van der Waals surface area contributed by atoms with Crippen molar-refractivity contribution in [2.45, 2.75) is 25.5 Å². The summed E-state index contributed by atoms with van der Waals surface area (Å²) >= 11 is 0. The molecule has 3 N–H and O–H groups in total. The molecule has 0 saturated carbocycles. The first-order chi connectivity index (χ1) is 16.6. The van der Waals surface area contributed by atoms with Crippen molar-refractivity contribution in [3.05, 3.63) is 71.0 Å². The van der Waals surface area contributed by atoms with E-state index in [4.69, 9.17) is 10.5 Å². The van der Waals surface area contributed by atoms with Gasteiger partial charge in [-0.1, -0.05) is 18.7 Å². The normalized spacial score (nSPS) is 16.4. The first-order valence-electron chi connectivity index (χ1n) is 11.2. The molecular weight excluding hydrogens is 433 g/mol. The van der Waals surface area contributed by atoms with Crippen molar-refractivity contribution < 1.29 is 9.13 Å². The van der Waals surface area contributed by atoms with E-state index in [2.05, 4.69) is 21.6 Å². The molecule has 3 aromatic heterocycles. The molecule has 0 spiro atoms. The van der Waals surface area contributed by atoms with E-state index in [0.717, 1.165) is 41.1 Å². The van der Waals surface area contributed by atoms with Gasteiger partial charge in [-0.15, -0.1) is 0 Å². The van der Waals surface area contributed by atoms with E-state index in [1.54, 1.807) is 29.2 Å². The highest BCUT2D eigenvalue weighted by Crippen LogP contribution is 2.39. The van der Waals surface area contributed by atoms with E-state index in [1.807, 2.05) is 18.2 Å². The second kappa shape index (κ2) is 7.78. The van der Waals surface area contributed by atoms with Crippen LogP contribution in [-0.2, 0) is 4.74 Å². The maximum Gasteiger partial charge on any atom is 0.272 e. The fraction of sp³-hybridized carbons (Fsp3) is 0.192. The summed E-state index contributed by atoms with van der Waals surface area (Å²) in [5.41, 5.74) is 9.52. The highest BCUT2D eigenvalue weighted by atomic mass is 19.1. The summed E-state index contributed by atoms with van der Waals surface area (Å²) in [5, 5.41) is 6.57. The average Bonchev–Trinajstić information content (AvgIpc) is 3.33. The van der Waals surface area contributed by atoms with Gasteiger partial charge in [-0.25, -0.2) is 9.07 Å². The van der Waals surface area contributed by atoms with Crippen LogP contribution in [0.2, 0.25) is 0 Å². The smallest absolute Gasteiger partial charge is 0.272 e. The number of ether oxygens (including phenoxy) is 1. The van der Waals surface area contributed by atoms with Gasteiger partial charge >= 0.3 is 0 Å².